The minimum absolute atomic E-state index is 0.0415. The van der Waals surface area contributed by atoms with E-state index < -0.39 is 11.7 Å². The van der Waals surface area contributed by atoms with Crippen LogP contribution in [0.1, 0.15) is 21.6 Å². The third-order valence-corrected chi connectivity index (χ3v) is 2.47. The standard InChI is InChI=1S/C14H7FN4O/c15-11-5-9(6-16)1-3-12(11)19-14(20)13-4-2-10(7-17)8-18-13/h1-5,8H,(H,19,20). The Hall–Kier alpha value is -3.25. The molecular weight excluding hydrogens is 259 g/mol. The van der Waals surface area contributed by atoms with Crippen molar-refractivity contribution in [2.75, 3.05) is 5.32 Å². The first kappa shape index (κ1) is 13.2. The van der Waals surface area contributed by atoms with Crippen LogP contribution in [0.3, 0.4) is 0 Å². The first-order valence-electron chi connectivity index (χ1n) is 5.51. The van der Waals surface area contributed by atoms with E-state index in [0.29, 0.717) is 5.56 Å². The Balaban J connectivity index is 2.19. The smallest absolute Gasteiger partial charge is 0.274 e. The molecule has 0 saturated carbocycles. The number of benzene rings is 1. The van der Waals surface area contributed by atoms with Crippen LogP contribution in [0.2, 0.25) is 0 Å². The first-order valence-corrected chi connectivity index (χ1v) is 5.51. The van der Waals surface area contributed by atoms with Crippen LogP contribution in [0.5, 0.6) is 0 Å². The van der Waals surface area contributed by atoms with Gasteiger partial charge in [-0.15, -0.1) is 0 Å². The Morgan fingerprint density at radius 3 is 2.40 bits per heavy atom. The molecule has 96 valence electrons. The fourth-order valence-electron chi connectivity index (χ4n) is 1.47. The highest BCUT2D eigenvalue weighted by Gasteiger charge is 2.11. The average molecular weight is 266 g/mol. The molecule has 0 saturated heterocycles. The number of carbonyl (C=O) groups excluding carboxylic acids is 1. The Morgan fingerprint density at radius 1 is 1.15 bits per heavy atom. The van der Waals surface area contributed by atoms with Crippen molar-refractivity contribution in [1.82, 2.24) is 4.98 Å². The molecule has 0 radical (unpaired) electrons. The summed E-state index contributed by atoms with van der Waals surface area (Å²) in [5.41, 5.74) is 0.510. The van der Waals surface area contributed by atoms with Gasteiger partial charge in [0.15, 0.2) is 0 Å². The number of amides is 1. The number of halogens is 1. The Morgan fingerprint density at radius 2 is 1.85 bits per heavy atom. The highest BCUT2D eigenvalue weighted by atomic mass is 19.1. The van der Waals surface area contributed by atoms with E-state index in [-0.39, 0.29) is 16.9 Å². The van der Waals surface area contributed by atoms with E-state index >= 15 is 0 Å². The van der Waals surface area contributed by atoms with Gasteiger partial charge in [0, 0.05) is 6.20 Å². The largest absolute Gasteiger partial charge is 0.318 e. The second kappa shape index (κ2) is 5.59. The summed E-state index contributed by atoms with van der Waals surface area (Å²) in [4.78, 5) is 15.6. The number of nitrogens with zero attached hydrogens (tertiary/aromatic N) is 3. The molecule has 0 fully saturated rings. The molecule has 0 aliphatic heterocycles. The van der Waals surface area contributed by atoms with Gasteiger partial charge in [0.1, 0.15) is 17.6 Å². The molecule has 2 rings (SSSR count). The van der Waals surface area contributed by atoms with Crippen molar-refractivity contribution in [3.05, 3.63) is 59.2 Å². The van der Waals surface area contributed by atoms with E-state index in [0.717, 1.165) is 6.07 Å². The van der Waals surface area contributed by atoms with Crippen molar-refractivity contribution in [1.29, 1.82) is 10.5 Å². The molecule has 1 N–H and O–H groups in total. The van der Waals surface area contributed by atoms with Crippen LogP contribution in [0.4, 0.5) is 10.1 Å². The number of rotatable bonds is 2. The average Bonchev–Trinajstić information content (AvgIpc) is 2.49. The number of pyridine rings is 1. The van der Waals surface area contributed by atoms with E-state index in [1.165, 1.54) is 30.5 Å². The summed E-state index contributed by atoms with van der Waals surface area (Å²) in [6.45, 7) is 0. The lowest BCUT2D eigenvalue weighted by Gasteiger charge is -2.06. The summed E-state index contributed by atoms with van der Waals surface area (Å²) < 4.78 is 13.6. The number of hydrogen-bond acceptors (Lipinski definition) is 4. The zero-order valence-electron chi connectivity index (χ0n) is 10.1. The van der Waals surface area contributed by atoms with Crippen molar-refractivity contribution in [2.24, 2.45) is 0 Å². The number of anilines is 1. The maximum atomic E-state index is 13.6. The van der Waals surface area contributed by atoms with Crippen molar-refractivity contribution < 1.29 is 9.18 Å². The Kier molecular flexibility index (Phi) is 3.69. The second-order valence-corrected chi connectivity index (χ2v) is 3.80. The summed E-state index contributed by atoms with van der Waals surface area (Å²) in [6, 6.07) is 10.2. The molecule has 1 aromatic heterocycles. The van der Waals surface area contributed by atoms with Crippen LogP contribution in [-0.2, 0) is 0 Å². The summed E-state index contributed by atoms with van der Waals surface area (Å²) >= 11 is 0. The zero-order chi connectivity index (χ0) is 14.5. The molecular formula is C14H7FN4O. The molecule has 0 atom stereocenters. The van der Waals surface area contributed by atoms with Crippen LogP contribution in [0.25, 0.3) is 0 Å². The maximum absolute atomic E-state index is 13.6. The fourth-order valence-corrected chi connectivity index (χ4v) is 1.47. The monoisotopic (exact) mass is 266 g/mol. The summed E-state index contributed by atoms with van der Waals surface area (Å²) in [6.07, 6.45) is 1.25. The number of nitrogens with one attached hydrogen (secondary N) is 1. The summed E-state index contributed by atoms with van der Waals surface area (Å²) in [7, 11) is 0. The first-order chi connectivity index (χ1) is 9.63. The van der Waals surface area contributed by atoms with Crippen molar-refractivity contribution >= 4 is 11.6 Å². The molecule has 0 aliphatic rings. The predicted octanol–water partition coefficient (Wildman–Crippen LogP) is 2.22. The van der Waals surface area contributed by atoms with Crippen molar-refractivity contribution in [3.8, 4) is 12.1 Å². The van der Waals surface area contributed by atoms with Crippen LogP contribution < -0.4 is 5.32 Å². The van der Waals surface area contributed by atoms with Gasteiger partial charge in [0.05, 0.1) is 22.9 Å². The number of carbonyl (C=O) groups is 1. The number of nitriles is 2. The lowest BCUT2D eigenvalue weighted by Crippen LogP contribution is -2.14. The molecule has 0 aliphatic carbocycles. The summed E-state index contributed by atoms with van der Waals surface area (Å²) in [5.74, 6) is -1.30. The molecule has 2 aromatic rings. The second-order valence-electron chi connectivity index (χ2n) is 3.80. The highest BCUT2D eigenvalue weighted by Crippen LogP contribution is 2.16. The van der Waals surface area contributed by atoms with E-state index in [2.05, 4.69) is 10.3 Å². The molecule has 1 amide bonds. The van der Waals surface area contributed by atoms with E-state index in [1.54, 1.807) is 6.07 Å². The molecule has 0 spiro atoms. The molecule has 6 heteroatoms. The van der Waals surface area contributed by atoms with Crippen LogP contribution in [0, 0.1) is 28.5 Å². The molecule has 1 aromatic carbocycles. The normalized spacial score (nSPS) is 9.35. The Labute approximate surface area is 113 Å². The molecule has 0 unspecified atom stereocenters. The maximum Gasteiger partial charge on any atom is 0.274 e. The molecule has 5 nitrogen and oxygen atoms in total. The van der Waals surface area contributed by atoms with Crippen LogP contribution >= 0.6 is 0 Å². The van der Waals surface area contributed by atoms with E-state index in [1.807, 2.05) is 6.07 Å². The molecule has 20 heavy (non-hydrogen) atoms. The third-order valence-electron chi connectivity index (χ3n) is 2.47. The van der Waals surface area contributed by atoms with Gasteiger partial charge in [-0.05, 0) is 30.3 Å². The van der Waals surface area contributed by atoms with Gasteiger partial charge >= 0.3 is 0 Å². The van der Waals surface area contributed by atoms with E-state index in [9.17, 15) is 9.18 Å². The minimum Gasteiger partial charge on any atom is -0.318 e. The quantitative estimate of drug-likeness (QED) is 0.902. The van der Waals surface area contributed by atoms with Crippen LogP contribution in [0.15, 0.2) is 36.5 Å². The van der Waals surface area contributed by atoms with Crippen LogP contribution in [-0.4, -0.2) is 10.9 Å². The molecule has 1 heterocycles. The van der Waals surface area contributed by atoms with Gasteiger partial charge in [-0.25, -0.2) is 9.37 Å². The zero-order valence-corrected chi connectivity index (χ0v) is 10.1. The SMILES string of the molecule is N#Cc1ccc(C(=O)Nc2ccc(C#N)cc2F)nc1. The third kappa shape index (κ3) is 2.77. The predicted molar refractivity (Wildman–Crippen MR) is 68.0 cm³/mol. The van der Waals surface area contributed by atoms with Crippen molar-refractivity contribution in [2.45, 2.75) is 0 Å². The lowest BCUT2D eigenvalue weighted by molar-refractivity contribution is 0.102. The summed E-state index contributed by atoms with van der Waals surface area (Å²) in [5, 5.41) is 19.6. The van der Waals surface area contributed by atoms with Gasteiger partial charge in [0.25, 0.3) is 5.91 Å². The van der Waals surface area contributed by atoms with Crippen molar-refractivity contribution in [3.63, 3.8) is 0 Å². The lowest BCUT2D eigenvalue weighted by atomic mass is 10.2. The van der Waals surface area contributed by atoms with Gasteiger partial charge < -0.3 is 5.32 Å². The van der Waals surface area contributed by atoms with Gasteiger partial charge in [-0.3, -0.25) is 4.79 Å². The minimum atomic E-state index is -0.703. The number of hydrogen-bond donors (Lipinski definition) is 1. The van der Waals surface area contributed by atoms with Gasteiger partial charge in [0.2, 0.25) is 0 Å². The van der Waals surface area contributed by atoms with Gasteiger partial charge in [-0.2, -0.15) is 10.5 Å². The topological polar surface area (TPSA) is 89.6 Å². The van der Waals surface area contributed by atoms with Gasteiger partial charge in [-0.1, -0.05) is 0 Å². The molecule has 0 bridgehead atoms. The van der Waals surface area contributed by atoms with E-state index in [4.69, 9.17) is 10.5 Å². The number of aromatic nitrogens is 1. The fraction of sp³-hybridized carbons (Fsp3) is 0. The highest BCUT2D eigenvalue weighted by molar-refractivity contribution is 6.02. The Bertz CT molecular complexity index is 741.